The van der Waals surface area contributed by atoms with E-state index in [1.807, 2.05) is 0 Å². The second-order valence-corrected chi connectivity index (χ2v) is 25.0. The molecule has 6 aliphatic rings. The predicted molar refractivity (Wildman–Crippen MR) is 350 cm³/mol. The third-order valence-electron chi connectivity index (χ3n) is 20.0. The van der Waals surface area contributed by atoms with Crippen molar-refractivity contribution < 1.29 is 0 Å². The molecule has 0 radical (unpaired) electrons. The average Bonchev–Trinajstić information content (AvgIpc) is 1.63. The Hall–Kier alpha value is -9.36. The van der Waals surface area contributed by atoms with Crippen LogP contribution in [-0.4, -0.2) is 0 Å². The third kappa shape index (κ3) is 6.60. The van der Waals surface area contributed by atoms with Crippen LogP contribution in [0.1, 0.15) is 143 Å². The van der Waals surface area contributed by atoms with Crippen LogP contribution < -0.4 is 0 Å². The van der Waals surface area contributed by atoms with Crippen LogP contribution >= 0.6 is 0 Å². The Kier molecular flexibility index (Phi) is 11.3. The summed E-state index contributed by atoms with van der Waals surface area (Å²) in [5.41, 5.74) is 37.4. The molecule has 0 saturated carbocycles. The van der Waals surface area contributed by atoms with Gasteiger partial charge in [0.15, 0.2) is 0 Å². The fourth-order valence-corrected chi connectivity index (χ4v) is 16.6. The molecule has 0 nitrogen and oxygen atoms in total. The minimum Gasteiger partial charge on any atom is -0.0619 e. The molecule has 18 rings (SSSR count). The summed E-state index contributed by atoms with van der Waals surface area (Å²) in [4.78, 5) is 0. The molecule has 0 unspecified atom stereocenters. The summed E-state index contributed by atoms with van der Waals surface area (Å²) in [7, 11) is 0. The Labute approximate surface area is 495 Å². The van der Waals surface area contributed by atoms with Crippen molar-refractivity contribution in [2.75, 3.05) is 0 Å². The first-order chi connectivity index (χ1) is 41.2. The first-order valence-corrected chi connectivity index (χ1v) is 30.5. The van der Waals surface area contributed by atoms with Gasteiger partial charge in [-0.05, 0) is 168 Å². The molecule has 0 fully saturated rings. The summed E-state index contributed by atoms with van der Waals surface area (Å²) >= 11 is 0. The number of hydrogen-bond acceptors (Lipinski definition) is 0. The number of benzene rings is 12. The van der Waals surface area contributed by atoms with Crippen molar-refractivity contribution >= 4 is 0 Å². The molecule has 0 N–H and O–H groups in total. The van der Waals surface area contributed by atoms with Crippen LogP contribution in [0.15, 0.2) is 273 Å². The highest BCUT2D eigenvalue weighted by molar-refractivity contribution is 5.98. The van der Waals surface area contributed by atoms with E-state index in [0.29, 0.717) is 17.8 Å². The van der Waals surface area contributed by atoms with E-state index in [2.05, 4.69) is 315 Å². The largest absolute Gasteiger partial charge is 0.0728 e. The molecule has 0 aromatic heterocycles. The highest BCUT2D eigenvalue weighted by atomic mass is 14.6. The van der Waals surface area contributed by atoms with E-state index < -0.39 is 0 Å². The second-order valence-electron chi connectivity index (χ2n) is 25.0. The van der Waals surface area contributed by atoms with Crippen molar-refractivity contribution in [1.29, 1.82) is 0 Å². The molecule has 6 aliphatic carbocycles. The molecule has 402 valence electrons. The lowest BCUT2D eigenvalue weighted by Crippen LogP contribution is -2.27. The zero-order valence-electron chi connectivity index (χ0n) is 48.7. The van der Waals surface area contributed by atoms with E-state index in [9.17, 15) is 0 Å². The fraction of sp³-hybridized carbons (Fsp3) is 0.143. The first kappa shape index (κ1) is 50.4. The van der Waals surface area contributed by atoms with E-state index in [-0.39, 0.29) is 16.2 Å². The van der Waals surface area contributed by atoms with Gasteiger partial charge in [-0.3, -0.25) is 0 Å². The molecule has 0 saturated heterocycles. The maximum absolute atomic E-state index is 2.47. The van der Waals surface area contributed by atoms with Crippen molar-refractivity contribution in [3.8, 4) is 66.8 Å². The third-order valence-corrected chi connectivity index (χ3v) is 20.0. The van der Waals surface area contributed by atoms with Gasteiger partial charge in [0.25, 0.3) is 0 Å². The molecule has 12 aromatic rings. The molecule has 12 aromatic carbocycles. The van der Waals surface area contributed by atoms with Crippen LogP contribution in [0.4, 0.5) is 0 Å². The minimum atomic E-state index is -0.208. The molecule has 0 bridgehead atoms. The van der Waals surface area contributed by atoms with Gasteiger partial charge in [0.1, 0.15) is 0 Å². The summed E-state index contributed by atoms with van der Waals surface area (Å²) in [6, 6.07) is 102. The van der Waals surface area contributed by atoms with Crippen molar-refractivity contribution in [2.45, 2.75) is 75.5 Å². The summed E-state index contributed by atoms with van der Waals surface area (Å²) in [6.45, 7) is 13.8. The standard InChI is InChI=1S/3C28H22/c1-18(2)19-13-9-14-23-22-12-5-8-17-26(22)28(27(19)23)24-15-6-3-10-20(24)21-11-4-7-16-25(21)28;1-18(2)19-15-16-27-23(17-19)22-11-5-8-14-26(22)28(27)24-12-6-3-9-20(24)21-10-4-7-13-25(21)28;1-18(2)19-15-16-23-22-11-5-8-14-26(22)28(27(23)17-19)24-12-6-3-9-20(24)21-10-4-7-13-25(21)28/h3*3-18H,1-2H3. The zero-order valence-corrected chi connectivity index (χ0v) is 48.7. The maximum Gasteiger partial charge on any atom is 0.0728 e. The van der Waals surface area contributed by atoms with Crippen LogP contribution in [0.2, 0.25) is 0 Å². The SMILES string of the molecule is CC(C)c1ccc2c(c1)-c1ccccc1C21c2ccccc2-c2ccccc21.CC(C)c1ccc2c(c1)C1(c3ccccc3-c3ccccc31)c1ccccc1-2.CC(C)c1cccc2c1C1(c3ccccc3-c3ccccc31)c1ccccc1-2. The highest BCUT2D eigenvalue weighted by Crippen LogP contribution is 2.66. The summed E-state index contributed by atoms with van der Waals surface area (Å²) < 4.78 is 0. The van der Waals surface area contributed by atoms with Crippen molar-refractivity contribution in [1.82, 2.24) is 0 Å². The zero-order chi connectivity index (χ0) is 56.6. The molecule has 0 amide bonds. The van der Waals surface area contributed by atoms with Crippen LogP contribution in [0, 0.1) is 0 Å². The lowest BCUT2D eigenvalue weighted by atomic mass is 9.68. The molecule has 3 spiro atoms. The Morgan fingerprint density at radius 3 is 0.810 bits per heavy atom. The smallest absolute Gasteiger partial charge is 0.0619 e. The maximum atomic E-state index is 2.47. The van der Waals surface area contributed by atoms with E-state index in [1.54, 1.807) is 0 Å². The van der Waals surface area contributed by atoms with E-state index in [0.717, 1.165) is 0 Å². The number of fused-ring (bicyclic) bond motifs is 30. The average molecular weight is 1080 g/mol. The first-order valence-electron chi connectivity index (χ1n) is 30.5. The molecule has 0 heterocycles. The lowest BCUT2D eigenvalue weighted by molar-refractivity contribution is 0.750. The highest BCUT2D eigenvalue weighted by Gasteiger charge is 2.55. The van der Waals surface area contributed by atoms with Crippen LogP contribution in [0.3, 0.4) is 0 Å². The van der Waals surface area contributed by atoms with E-state index in [4.69, 9.17) is 0 Å². The monoisotopic (exact) mass is 1070 g/mol. The quantitative estimate of drug-likeness (QED) is 0.165. The van der Waals surface area contributed by atoms with Gasteiger partial charge in [-0.1, -0.05) is 315 Å². The summed E-state index contributed by atoms with van der Waals surface area (Å²) in [5.74, 6) is 1.51. The summed E-state index contributed by atoms with van der Waals surface area (Å²) in [5, 5.41) is 0. The molecule has 84 heavy (non-hydrogen) atoms. The van der Waals surface area contributed by atoms with Gasteiger partial charge >= 0.3 is 0 Å². The van der Waals surface area contributed by atoms with Crippen molar-refractivity contribution in [3.63, 3.8) is 0 Å². The van der Waals surface area contributed by atoms with Crippen molar-refractivity contribution in [2.24, 2.45) is 0 Å². The van der Waals surface area contributed by atoms with Crippen molar-refractivity contribution in [3.05, 3.63) is 356 Å². The van der Waals surface area contributed by atoms with E-state index >= 15 is 0 Å². The Morgan fingerprint density at radius 2 is 0.452 bits per heavy atom. The van der Waals surface area contributed by atoms with E-state index in [1.165, 1.54) is 150 Å². The molecule has 0 atom stereocenters. The van der Waals surface area contributed by atoms with Crippen LogP contribution in [0.25, 0.3) is 66.8 Å². The Balaban J connectivity index is 0.000000103. The van der Waals surface area contributed by atoms with Gasteiger partial charge in [0, 0.05) is 0 Å². The Morgan fingerprint density at radius 1 is 0.190 bits per heavy atom. The van der Waals surface area contributed by atoms with Gasteiger partial charge in [0.2, 0.25) is 0 Å². The minimum absolute atomic E-state index is 0.200. The van der Waals surface area contributed by atoms with Gasteiger partial charge in [-0.2, -0.15) is 0 Å². The van der Waals surface area contributed by atoms with Gasteiger partial charge in [-0.25, -0.2) is 0 Å². The van der Waals surface area contributed by atoms with Gasteiger partial charge in [-0.15, -0.1) is 0 Å². The van der Waals surface area contributed by atoms with Crippen LogP contribution in [-0.2, 0) is 16.2 Å². The molecular weight excluding hydrogens is 1010 g/mol. The fourth-order valence-electron chi connectivity index (χ4n) is 16.6. The molecule has 0 aliphatic heterocycles. The molecular formula is C84H66. The van der Waals surface area contributed by atoms with Gasteiger partial charge < -0.3 is 0 Å². The van der Waals surface area contributed by atoms with Crippen LogP contribution in [0.5, 0.6) is 0 Å². The van der Waals surface area contributed by atoms with Gasteiger partial charge in [0.05, 0.1) is 16.2 Å². The normalized spacial score (nSPS) is 14.7. The predicted octanol–water partition coefficient (Wildman–Crippen LogP) is 21.5. The number of rotatable bonds is 3. The molecule has 0 heteroatoms. The lowest BCUT2D eigenvalue weighted by Gasteiger charge is -2.32. The topological polar surface area (TPSA) is 0 Å². The second kappa shape index (κ2) is 18.8. The number of hydrogen-bond donors (Lipinski definition) is 0. The summed E-state index contributed by atoms with van der Waals surface area (Å²) in [6.07, 6.45) is 0. The Bertz CT molecular complexity index is 4490.